The van der Waals surface area contributed by atoms with Gasteiger partial charge in [0.15, 0.2) is 10.1 Å². The molecule has 8 heteroatoms. The quantitative estimate of drug-likeness (QED) is 0.707. The first-order valence-electron chi connectivity index (χ1n) is 7.45. The Kier molecular flexibility index (Phi) is 3.85. The lowest BCUT2D eigenvalue weighted by molar-refractivity contribution is 0.0993. The van der Waals surface area contributed by atoms with Gasteiger partial charge in [-0.3, -0.25) is 9.69 Å². The van der Waals surface area contributed by atoms with Gasteiger partial charge in [-0.05, 0) is 37.1 Å². The molecule has 0 radical (unpaired) electrons. The number of hydrogen-bond donors (Lipinski definition) is 0. The number of nitrogens with zero attached hydrogens (tertiary/aromatic N) is 4. The molecular formula is C16H13FN4OS2. The van der Waals surface area contributed by atoms with Gasteiger partial charge < -0.3 is 0 Å². The van der Waals surface area contributed by atoms with E-state index < -0.39 is 0 Å². The molecule has 0 bridgehead atoms. The molecule has 5 nitrogen and oxygen atoms in total. The first-order chi connectivity index (χ1) is 11.6. The summed E-state index contributed by atoms with van der Waals surface area (Å²) in [6, 6.07) is 5.48. The fraction of sp³-hybridized carbons (Fsp3) is 0.250. The van der Waals surface area contributed by atoms with Crippen molar-refractivity contribution in [3.63, 3.8) is 0 Å². The van der Waals surface area contributed by atoms with Crippen LogP contribution in [0, 0.1) is 5.82 Å². The molecule has 1 aliphatic carbocycles. The number of anilines is 1. The van der Waals surface area contributed by atoms with Crippen LogP contribution >= 0.6 is 22.7 Å². The Hall–Kier alpha value is -2.19. The highest BCUT2D eigenvalue weighted by molar-refractivity contribution is 7.16. The normalized spacial score (nSPS) is 13.9. The van der Waals surface area contributed by atoms with Crippen LogP contribution in [0.2, 0.25) is 0 Å². The van der Waals surface area contributed by atoms with E-state index in [4.69, 9.17) is 0 Å². The highest BCUT2D eigenvalue weighted by Gasteiger charge is 2.28. The van der Waals surface area contributed by atoms with Crippen LogP contribution < -0.4 is 4.90 Å². The molecule has 4 rings (SSSR count). The van der Waals surface area contributed by atoms with Crippen molar-refractivity contribution in [1.82, 2.24) is 15.2 Å². The van der Waals surface area contributed by atoms with Crippen molar-refractivity contribution in [2.75, 3.05) is 11.9 Å². The summed E-state index contributed by atoms with van der Waals surface area (Å²) < 4.78 is 13.0. The zero-order chi connectivity index (χ0) is 16.7. The van der Waals surface area contributed by atoms with E-state index in [1.165, 1.54) is 53.3 Å². The van der Waals surface area contributed by atoms with Crippen molar-refractivity contribution in [2.45, 2.75) is 18.8 Å². The number of amides is 1. The minimum absolute atomic E-state index is 0.230. The number of thiazole rings is 1. The predicted octanol–water partition coefficient (Wildman–Crippen LogP) is 3.95. The summed E-state index contributed by atoms with van der Waals surface area (Å²) in [5.74, 6) is -0.0302. The SMILES string of the molecule is CN(C(=O)c1ccc(F)cc1)c1nc(-c2nnc(C3CC3)s2)cs1. The third kappa shape index (κ3) is 2.94. The molecule has 0 N–H and O–H groups in total. The topological polar surface area (TPSA) is 59.0 Å². The lowest BCUT2D eigenvalue weighted by Crippen LogP contribution is -2.26. The maximum atomic E-state index is 13.0. The molecule has 0 saturated heterocycles. The molecular weight excluding hydrogens is 347 g/mol. The lowest BCUT2D eigenvalue weighted by Gasteiger charge is -2.13. The van der Waals surface area contributed by atoms with E-state index >= 15 is 0 Å². The van der Waals surface area contributed by atoms with E-state index in [2.05, 4.69) is 15.2 Å². The summed E-state index contributed by atoms with van der Waals surface area (Å²) >= 11 is 2.94. The summed E-state index contributed by atoms with van der Waals surface area (Å²) in [5.41, 5.74) is 1.15. The minimum Gasteiger partial charge on any atom is -0.287 e. The Morgan fingerprint density at radius 1 is 1.25 bits per heavy atom. The van der Waals surface area contributed by atoms with Gasteiger partial charge in [0.1, 0.15) is 16.5 Å². The number of halogens is 1. The summed E-state index contributed by atoms with van der Waals surface area (Å²) in [4.78, 5) is 18.4. The van der Waals surface area contributed by atoms with Crippen LogP contribution in [0.15, 0.2) is 29.6 Å². The maximum absolute atomic E-state index is 13.0. The van der Waals surface area contributed by atoms with Crippen LogP contribution in [0.3, 0.4) is 0 Å². The molecule has 1 fully saturated rings. The van der Waals surface area contributed by atoms with Crippen LogP contribution in [0.5, 0.6) is 0 Å². The number of rotatable bonds is 4. The third-order valence-electron chi connectivity index (χ3n) is 3.76. The second-order valence-electron chi connectivity index (χ2n) is 5.61. The minimum atomic E-state index is -0.367. The molecule has 0 aliphatic heterocycles. The molecule has 0 atom stereocenters. The van der Waals surface area contributed by atoms with Gasteiger partial charge >= 0.3 is 0 Å². The monoisotopic (exact) mass is 360 g/mol. The Morgan fingerprint density at radius 2 is 2.00 bits per heavy atom. The number of aromatic nitrogens is 3. The van der Waals surface area contributed by atoms with Crippen molar-refractivity contribution in [2.24, 2.45) is 0 Å². The molecule has 3 aromatic rings. The Morgan fingerprint density at radius 3 is 2.71 bits per heavy atom. The Bertz CT molecular complexity index is 886. The number of carbonyl (C=O) groups is 1. The summed E-state index contributed by atoms with van der Waals surface area (Å²) in [5, 5.41) is 12.7. The molecule has 0 unspecified atom stereocenters. The van der Waals surface area contributed by atoms with Gasteiger partial charge in [-0.25, -0.2) is 9.37 Å². The van der Waals surface area contributed by atoms with Crippen LogP contribution in [-0.2, 0) is 0 Å². The molecule has 1 aromatic carbocycles. The van der Waals surface area contributed by atoms with Gasteiger partial charge in [0, 0.05) is 23.9 Å². The van der Waals surface area contributed by atoms with Crippen LogP contribution in [0.1, 0.15) is 34.1 Å². The molecule has 1 saturated carbocycles. The molecule has 24 heavy (non-hydrogen) atoms. The van der Waals surface area contributed by atoms with E-state index in [0.29, 0.717) is 16.6 Å². The van der Waals surface area contributed by atoms with E-state index in [-0.39, 0.29) is 11.7 Å². The second-order valence-corrected chi connectivity index (χ2v) is 7.45. The van der Waals surface area contributed by atoms with Crippen molar-refractivity contribution in [3.8, 4) is 10.7 Å². The van der Waals surface area contributed by atoms with Crippen molar-refractivity contribution < 1.29 is 9.18 Å². The molecule has 0 spiro atoms. The molecule has 1 aliphatic rings. The van der Waals surface area contributed by atoms with Crippen LogP contribution in [-0.4, -0.2) is 28.1 Å². The number of hydrogen-bond acceptors (Lipinski definition) is 6. The van der Waals surface area contributed by atoms with E-state index in [9.17, 15) is 9.18 Å². The van der Waals surface area contributed by atoms with Gasteiger partial charge in [-0.15, -0.1) is 21.5 Å². The smallest absolute Gasteiger partial charge is 0.259 e. The van der Waals surface area contributed by atoms with Crippen LogP contribution in [0.25, 0.3) is 10.7 Å². The van der Waals surface area contributed by atoms with Crippen molar-refractivity contribution >= 4 is 33.7 Å². The first kappa shape index (κ1) is 15.3. The van der Waals surface area contributed by atoms with E-state index in [1.807, 2.05) is 5.38 Å². The van der Waals surface area contributed by atoms with Gasteiger partial charge in [-0.2, -0.15) is 0 Å². The highest BCUT2D eigenvalue weighted by atomic mass is 32.1. The highest BCUT2D eigenvalue weighted by Crippen LogP contribution is 2.42. The van der Waals surface area contributed by atoms with Crippen LogP contribution in [0.4, 0.5) is 9.52 Å². The van der Waals surface area contributed by atoms with Gasteiger partial charge in [0.2, 0.25) is 0 Å². The molecule has 122 valence electrons. The van der Waals surface area contributed by atoms with Gasteiger partial charge in [0.05, 0.1) is 0 Å². The number of benzene rings is 1. The van der Waals surface area contributed by atoms with Crippen molar-refractivity contribution in [1.29, 1.82) is 0 Å². The Labute approximate surface area is 145 Å². The fourth-order valence-electron chi connectivity index (χ4n) is 2.22. The predicted molar refractivity (Wildman–Crippen MR) is 92.1 cm³/mol. The summed E-state index contributed by atoms with van der Waals surface area (Å²) in [6.07, 6.45) is 2.37. The Balaban J connectivity index is 1.54. The zero-order valence-corrected chi connectivity index (χ0v) is 14.4. The number of carbonyl (C=O) groups excluding carboxylic acids is 1. The summed E-state index contributed by atoms with van der Waals surface area (Å²) in [6.45, 7) is 0. The van der Waals surface area contributed by atoms with E-state index in [1.54, 1.807) is 18.4 Å². The lowest BCUT2D eigenvalue weighted by atomic mass is 10.2. The molecule has 1 amide bonds. The average molecular weight is 360 g/mol. The largest absolute Gasteiger partial charge is 0.287 e. The van der Waals surface area contributed by atoms with E-state index in [0.717, 1.165) is 15.7 Å². The molecule has 2 aromatic heterocycles. The summed E-state index contributed by atoms with van der Waals surface area (Å²) in [7, 11) is 1.66. The third-order valence-corrected chi connectivity index (χ3v) is 5.79. The maximum Gasteiger partial charge on any atom is 0.259 e. The average Bonchev–Trinajstić information content (AvgIpc) is 3.13. The van der Waals surface area contributed by atoms with Gasteiger partial charge in [-0.1, -0.05) is 11.3 Å². The molecule has 2 heterocycles. The standard InChI is InChI=1S/C16H13FN4OS2/c1-21(15(22)10-4-6-11(17)7-5-10)16-18-12(8-23-16)14-20-19-13(24-14)9-2-3-9/h4-9H,2-3H2,1H3. The second kappa shape index (κ2) is 6.03. The van der Waals surface area contributed by atoms with Gasteiger partial charge in [0.25, 0.3) is 5.91 Å². The first-order valence-corrected chi connectivity index (χ1v) is 9.14. The fourth-order valence-corrected chi connectivity index (χ4v) is 4.04. The van der Waals surface area contributed by atoms with Crippen molar-refractivity contribution in [3.05, 3.63) is 46.0 Å². The zero-order valence-electron chi connectivity index (χ0n) is 12.8.